The van der Waals surface area contributed by atoms with Gasteiger partial charge in [0.25, 0.3) is 5.89 Å². The Balaban J connectivity index is 1.79. The first-order valence-corrected chi connectivity index (χ1v) is 6.48. The van der Waals surface area contributed by atoms with Gasteiger partial charge < -0.3 is 14.1 Å². The van der Waals surface area contributed by atoms with E-state index in [9.17, 15) is 0 Å². The van der Waals surface area contributed by atoms with Crippen molar-refractivity contribution in [3.05, 3.63) is 24.0 Å². The van der Waals surface area contributed by atoms with E-state index in [1.165, 1.54) is 0 Å². The van der Waals surface area contributed by atoms with Crippen molar-refractivity contribution in [2.75, 3.05) is 31.2 Å². The fourth-order valence-corrected chi connectivity index (χ4v) is 1.97. The molecule has 100 valence electrons. The zero-order valence-corrected chi connectivity index (χ0v) is 10.9. The van der Waals surface area contributed by atoms with Gasteiger partial charge in [-0.3, -0.25) is 4.98 Å². The highest BCUT2D eigenvalue weighted by Gasteiger charge is 2.18. The lowest BCUT2D eigenvalue weighted by atomic mass is 10.2. The topological polar surface area (TPSA) is 64.3 Å². The highest BCUT2D eigenvalue weighted by atomic mass is 16.5. The molecule has 1 saturated heterocycles. The van der Waals surface area contributed by atoms with Crippen molar-refractivity contribution >= 4 is 6.01 Å². The number of hydrogen-bond acceptors (Lipinski definition) is 6. The van der Waals surface area contributed by atoms with Crippen LogP contribution < -0.4 is 4.90 Å². The third-order valence-corrected chi connectivity index (χ3v) is 3.13. The van der Waals surface area contributed by atoms with Gasteiger partial charge in [-0.15, -0.1) is 5.10 Å². The van der Waals surface area contributed by atoms with Crippen LogP contribution in [0.25, 0.3) is 11.5 Å². The number of hydrogen-bond donors (Lipinski definition) is 0. The molecule has 6 heteroatoms. The summed E-state index contributed by atoms with van der Waals surface area (Å²) in [5.74, 6) is 0.511. The minimum Gasteiger partial charge on any atom is -0.403 e. The van der Waals surface area contributed by atoms with E-state index in [0.717, 1.165) is 30.8 Å². The molecule has 0 aromatic carbocycles. The molecule has 2 aromatic heterocycles. The van der Waals surface area contributed by atoms with Crippen LogP contribution in [0.15, 0.2) is 22.7 Å². The molecule has 0 atom stereocenters. The smallest absolute Gasteiger partial charge is 0.318 e. The number of morpholine rings is 1. The van der Waals surface area contributed by atoms with Gasteiger partial charge in [0.1, 0.15) is 0 Å². The average molecular weight is 260 g/mol. The van der Waals surface area contributed by atoms with Gasteiger partial charge in [-0.05, 0) is 18.6 Å². The fourth-order valence-electron chi connectivity index (χ4n) is 1.97. The van der Waals surface area contributed by atoms with E-state index in [0.29, 0.717) is 25.1 Å². The Morgan fingerprint density at radius 3 is 2.74 bits per heavy atom. The summed E-state index contributed by atoms with van der Waals surface area (Å²) >= 11 is 0. The van der Waals surface area contributed by atoms with Crippen molar-refractivity contribution in [2.45, 2.75) is 13.3 Å². The molecule has 1 aliphatic rings. The number of nitrogens with zero attached hydrogens (tertiary/aromatic N) is 4. The number of rotatable bonds is 3. The summed E-state index contributed by atoms with van der Waals surface area (Å²) in [5.41, 5.74) is 1.90. The molecular weight excluding hydrogens is 244 g/mol. The lowest BCUT2D eigenvalue weighted by Gasteiger charge is -2.24. The molecule has 0 N–H and O–H groups in total. The standard InChI is InChI=1S/C13H16N4O2/c1-2-11-4-3-10(9-14-11)12-15-16-13(19-12)17-5-7-18-8-6-17/h3-4,9H,2,5-8H2,1H3. The summed E-state index contributed by atoms with van der Waals surface area (Å²) in [6.45, 7) is 5.05. The minimum atomic E-state index is 0.511. The van der Waals surface area contributed by atoms with Gasteiger partial charge in [-0.1, -0.05) is 12.0 Å². The van der Waals surface area contributed by atoms with Gasteiger partial charge in [-0.25, -0.2) is 0 Å². The Bertz CT molecular complexity index is 532. The predicted octanol–water partition coefficient (Wildman–Crippen LogP) is 1.53. The van der Waals surface area contributed by atoms with E-state index >= 15 is 0 Å². The summed E-state index contributed by atoms with van der Waals surface area (Å²) in [5, 5.41) is 8.16. The molecule has 3 rings (SSSR count). The van der Waals surface area contributed by atoms with Gasteiger partial charge in [0.15, 0.2) is 0 Å². The van der Waals surface area contributed by atoms with Crippen LogP contribution in [0.2, 0.25) is 0 Å². The van der Waals surface area contributed by atoms with Crippen LogP contribution in [-0.2, 0) is 11.2 Å². The Hall–Kier alpha value is -1.95. The Morgan fingerprint density at radius 1 is 1.21 bits per heavy atom. The second-order valence-corrected chi connectivity index (χ2v) is 4.38. The van der Waals surface area contributed by atoms with Crippen molar-refractivity contribution in [1.82, 2.24) is 15.2 Å². The Kier molecular flexibility index (Phi) is 3.41. The van der Waals surface area contributed by atoms with Crippen LogP contribution in [0.3, 0.4) is 0 Å². The predicted molar refractivity (Wildman–Crippen MR) is 69.9 cm³/mol. The highest BCUT2D eigenvalue weighted by Crippen LogP contribution is 2.21. The molecule has 2 aromatic rings. The molecule has 0 spiro atoms. The van der Waals surface area contributed by atoms with Crippen LogP contribution in [0.1, 0.15) is 12.6 Å². The third kappa shape index (κ3) is 2.58. The number of aromatic nitrogens is 3. The first-order chi connectivity index (χ1) is 9.36. The van der Waals surface area contributed by atoms with Crippen molar-refractivity contribution < 1.29 is 9.15 Å². The van der Waals surface area contributed by atoms with Crippen LogP contribution in [0.5, 0.6) is 0 Å². The van der Waals surface area contributed by atoms with Gasteiger partial charge in [0.05, 0.1) is 18.8 Å². The van der Waals surface area contributed by atoms with Crippen molar-refractivity contribution in [1.29, 1.82) is 0 Å². The van der Waals surface area contributed by atoms with E-state index in [-0.39, 0.29) is 0 Å². The van der Waals surface area contributed by atoms with E-state index in [2.05, 4.69) is 22.1 Å². The maximum atomic E-state index is 5.69. The molecule has 0 amide bonds. The molecule has 6 nitrogen and oxygen atoms in total. The highest BCUT2D eigenvalue weighted by molar-refractivity contribution is 5.52. The van der Waals surface area contributed by atoms with Crippen molar-refractivity contribution in [2.24, 2.45) is 0 Å². The first kappa shape index (κ1) is 12.1. The zero-order valence-electron chi connectivity index (χ0n) is 10.9. The average Bonchev–Trinajstić information content (AvgIpc) is 2.98. The fraction of sp³-hybridized carbons (Fsp3) is 0.462. The van der Waals surface area contributed by atoms with E-state index in [1.807, 2.05) is 17.0 Å². The van der Waals surface area contributed by atoms with E-state index < -0.39 is 0 Å². The Labute approximate surface area is 111 Å². The SMILES string of the molecule is CCc1ccc(-c2nnc(N3CCOCC3)o2)cn1. The number of anilines is 1. The molecule has 19 heavy (non-hydrogen) atoms. The van der Waals surface area contributed by atoms with E-state index in [4.69, 9.17) is 9.15 Å². The van der Waals surface area contributed by atoms with Crippen LogP contribution in [0.4, 0.5) is 6.01 Å². The second kappa shape index (κ2) is 5.36. The maximum absolute atomic E-state index is 5.69. The molecule has 0 saturated carbocycles. The first-order valence-electron chi connectivity index (χ1n) is 6.48. The van der Waals surface area contributed by atoms with Gasteiger partial charge in [-0.2, -0.15) is 0 Å². The maximum Gasteiger partial charge on any atom is 0.318 e. The largest absolute Gasteiger partial charge is 0.403 e. The number of pyridine rings is 1. The van der Waals surface area contributed by atoms with Crippen molar-refractivity contribution in [3.63, 3.8) is 0 Å². The molecule has 0 aliphatic carbocycles. The number of aryl methyl sites for hydroxylation is 1. The number of ether oxygens (including phenoxy) is 1. The second-order valence-electron chi connectivity index (χ2n) is 4.38. The van der Waals surface area contributed by atoms with Crippen molar-refractivity contribution in [3.8, 4) is 11.5 Å². The summed E-state index contributed by atoms with van der Waals surface area (Å²) in [4.78, 5) is 6.37. The molecule has 1 fully saturated rings. The van der Waals surface area contributed by atoms with Crippen LogP contribution >= 0.6 is 0 Å². The molecule has 0 bridgehead atoms. The summed E-state index contributed by atoms with van der Waals surface area (Å²) in [6.07, 6.45) is 2.69. The lowest BCUT2D eigenvalue weighted by Crippen LogP contribution is -2.36. The molecule has 1 aliphatic heterocycles. The van der Waals surface area contributed by atoms with Gasteiger partial charge >= 0.3 is 6.01 Å². The molecule has 0 radical (unpaired) electrons. The zero-order chi connectivity index (χ0) is 13.1. The van der Waals surface area contributed by atoms with Gasteiger partial charge in [0, 0.05) is 25.0 Å². The van der Waals surface area contributed by atoms with Crippen LogP contribution in [0, 0.1) is 0 Å². The summed E-state index contributed by atoms with van der Waals surface area (Å²) in [6, 6.07) is 4.49. The van der Waals surface area contributed by atoms with Crippen LogP contribution in [-0.4, -0.2) is 41.5 Å². The van der Waals surface area contributed by atoms with E-state index in [1.54, 1.807) is 6.20 Å². The molecule has 0 unspecified atom stereocenters. The normalized spacial score (nSPS) is 15.7. The lowest BCUT2D eigenvalue weighted by molar-refractivity contribution is 0.120. The molecular formula is C13H16N4O2. The third-order valence-electron chi connectivity index (χ3n) is 3.13. The molecule has 3 heterocycles. The summed E-state index contributed by atoms with van der Waals surface area (Å²) < 4.78 is 11.0. The quantitative estimate of drug-likeness (QED) is 0.834. The Morgan fingerprint density at radius 2 is 2.05 bits per heavy atom. The summed E-state index contributed by atoms with van der Waals surface area (Å²) in [7, 11) is 0. The minimum absolute atomic E-state index is 0.511. The monoisotopic (exact) mass is 260 g/mol. The van der Waals surface area contributed by atoms with Gasteiger partial charge in [0.2, 0.25) is 0 Å².